The maximum Gasteiger partial charge on any atom is 0.0452 e. The fourth-order valence-electron chi connectivity index (χ4n) is 3.10. The summed E-state index contributed by atoms with van der Waals surface area (Å²) in [6, 6.07) is 5.81. The van der Waals surface area contributed by atoms with E-state index in [4.69, 9.17) is 23.2 Å². The summed E-state index contributed by atoms with van der Waals surface area (Å²) in [5.41, 5.74) is 1.14. The van der Waals surface area contributed by atoms with Gasteiger partial charge in [0.25, 0.3) is 0 Å². The molecule has 0 bridgehead atoms. The summed E-state index contributed by atoms with van der Waals surface area (Å²) in [6.07, 6.45) is 6.21. The standard InChI is InChI=1S/C16H23Cl2N/c1-2-9-19-11-13-6-3-5-12(13)10-14-15(17)7-4-8-16(14)18/h4,7-8,12-13,19H,2-3,5-6,9-11H2,1H3. The number of benzene rings is 1. The fourth-order valence-corrected chi connectivity index (χ4v) is 3.66. The third-order valence-electron chi connectivity index (χ3n) is 4.18. The molecule has 2 atom stereocenters. The minimum absolute atomic E-state index is 0.724. The summed E-state index contributed by atoms with van der Waals surface area (Å²) in [5, 5.41) is 5.19. The lowest BCUT2D eigenvalue weighted by Gasteiger charge is -2.21. The Morgan fingerprint density at radius 1 is 1.16 bits per heavy atom. The van der Waals surface area contributed by atoms with Crippen molar-refractivity contribution in [2.75, 3.05) is 13.1 Å². The topological polar surface area (TPSA) is 12.0 Å². The van der Waals surface area contributed by atoms with Crippen LogP contribution in [0.15, 0.2) is 18.2 Å². The lowest BCUT2D eigenvalue weighted by atomic mass is 9.89. The minimum atomic E-state index is 0.724. The first-order valence-corrected chi connectivity index (χ1v) is 8.11. The summed E-state index contributed by atoms with van der Waals surface area (Å²) < 4.78 is 0. The van der Waals surface area contributed by atoms with E-state index in [1.54, 1.807) is 0 Å². The van der Waals surface area contributed by atoms with Crippen LogP contribution in [0.5, 0.6) is 0 Å². The summed E-state index contributed by atoms with van der Waals surface area (Å²) >= 11 is 12.6. The van der Waals surface area contributed by atoms with Gasteiger partial charge in [-0.25, -0.2) is 0 Å². The van der Waals surface area contributed by atoms with Gasteiger partial charge in [0, 0.05) is 10.0 Å². The molecule has 1 fully saturated rings. The van der Waals surface area contributed by atoms with Crippen molar-refractivity contribution in [3.8, 4) is 0 Å². The zero-order chi connectivity index (χ0) is 13.7. The molecule has 0 heterocycles. The highest BCUT2D eigenvalue weighted by atomic mass is 35.5. The van der Waals surface area contributed by atoms with Gasteiger partial charge < -0.3 is 5.32 Å². The van der Waals surface area contributed by atoms with Gasteiger partial charge in [-0.1, -0.05) is 42.6 Å². The van der Waals surface area contributed by atoms with Crippen LogP contribution in [0.2, 0.25) is 10.0 Å². The fraction of sp³-hybridized carbons (Fsp3) is 0.625. The monoisotopic (exact) mass is 299 g/mol. The van der Waals surface area contributed by atoms with E-state index in [0.717, 1.165) is 47.0 Å². The van der Waals surface area contributed by atoms with Gasteiger partial charge in [0.1, 0.15) is 0 Å². The van der Waals surface area contributed by atoms with Crippen molar-refractivity contribution in [1.29, 1.82) is 0 Å². The maximum absolute atomic E-state index is 6.28. The van der Waals surface area contributed by atoms with Crippen molar-refractivity contribution in [3.63, 3.8) is 0 Å². The van der Waals surface area contributed by atoms with Crippen LogP contribution in [0.25, 0.3) is 0 Å². The Bertz CT molecular complexity index is 385. The second kappa shape index (κ2) is 7.52. The molecule has 1 N–H and O–H groups in total. The van der Waals surface area contributed by atoms with Crippen LogP contribution >= 0.6 is 23.2 Å². The average molecular weight is 300 g/mol. The second-order valence-corrected chi connectivity index (χ2v) is 6.37. The Morgan fingerprint density at radius 2 is 1.84 bits per heavy atom. The molecule has 1 aliphatic rings. The first-order chi connectivity index (χ1) is 9.22. The molecule has 0 aromatic heterocycles. The molecule has 2 unspecified atom stereocenters. The minimum Gasteiger partial charge on any atom is -0.316 e. The molecule has 106 valence electrons. The van der Waals surface area contributed by atoms with E-state index in [2.05, 4.69) is 12.2 Å². The van der Waals surface area contributed by atoms with E-state index in [-0.39, 0.29) is 0 Å². The highest BCUT2D eigenvalue weighted by Gasteiger charge is 2.28. The van der Waals surface area contributed by atoms with Gasteiger partial charge in [0.2, 0.25) is 0 Å². The lowest BCUT2D eigenvalue weighted by molar-refractivity contribution is 0.365. The van der Waals surface area contributed by atoms with E-state index in [9.17, 15) is 0 Å². The molecule has 2 rings (SSSR count). The predicted octanol–water partition coefficient (Wildman–Crippen LogP) is 4.95. The number of hydrogen-bond donors (Lipinski definition) is 1. The van der Waals surface area contributed by atoms with Crippen LogP contribution in [-0.2, 0) is 6.42 Å². The van der Waals surface area contributed by atoms with Crippen molar-refractivity contribution in [1.82, 2.24) is 5.32 Å². The summed E-state index contributed by atoms with van der Waals surface area (Å²) in [5.74, 6) is 1.50. The molecule has 1 aromatic carbocycles. The van der Waals surface area contributed by atoms with Crippen molar-refractivity contribution < 1.29 is 0 Å². The Hall–Kier alpha value is -0.240. The summed E-state index contributed by atoms with van der Waals surface area (Å²) in [7, 11) is 0. The smallest absolute Gasteiger partial charge is 0.0452 e. The first kappa shape index (κ1) is 15.2. The third kappa shape index (κ3) is 4.11. The molecule has 19 heavy (non-hydrogen) atoms. The lowest BCUT2D eigenvalue weighted by Crippen LogP contribution is -2.26. The Kier molecular flexibility index (Phi) is 6.00. The van der Waals surface area contributed by atoms with Crippen LogP contribution in [0.4, 0.5) is 0 Å². The highest BCUT2D eigenvalue weighted by Crippen LogP contribution is 2.37. The van der Waals surface area contributed by atoms with E-state index in [1.165, 1.54) is 25.7 Å². The van der Waals surface area contributed by atoms with E-state index < -0.39 is 0 Å². The molecular weight excluding hydrogens is 277 g/mol. The zero-order valence-electron chi connectivity index (χ0n) is 11.6. The van der Waals surface area contributed by atoms with Gasteiger partial charge in [-0.3, -0.25) is 0 Å². The molecule has 1 saturated carbocycles. The molecule has 1 nitrogen and oxygen atoms in total. The van der Waals surface area contributed by atoms with E-state index in [0.29, 0.717) is 0 Å². The van der Waals surface area contributed by atoms with Crippen LogP contribution in [0, 0.1) is 11.8 Å². The number of nitrogens with one attached hydrogen (secondary N) is 1. The molecule has 0 spiro atoms. The molecule has 0 amide bonds. The summed E-state index contributed by atoms with van der Waals surface area (Å²) in [6.45, 7) is 4.47. The molecule has 3 heteroatoms. The van der Waals surface area contributed by atoms with Crippen LogP contribution in [0.3, 0.4) is 0 Å². The van der Waals surface area contributed by atoms with E-state index >= 15 is 0 Å². The number of hydrogen-bond acceptors (Lipinski definition) is 1. The van der Waals surface area contributed by atoms with Crippen molar-refractivity contribution in [2.45, 2.75) is 39.0 Å². The van der Waals surface area contributed by atoms with Crippen molar-refractivity contribution >= 4 is 23.2 Å². The predicted molar refractivity (Wildman–Crippen MR) is 84.2 cm³/mol. The number of halogens is 2. The largest absolute Gasteiger partial charge is 0.316 e. The van der Waals surface area contributed by atoms with Gasteiger partial charge >= 0.3 is 0 Å². The quantitative estimate of drug-likeness (QED) is 0.733. The molecule has 1 aliphatic carbocycles. The number of rotatable bonds is 6. The Morgan fingerprint density at radius 3 is 2.53 bits per heavy atom. The SMILES string of the molecule is CCCNCC1CCCC1Cc1c(Cl)cccc1Cl. The van der Waals surface area contributed by atoms with Crippen molar-refractivity contribution in [2.24, 2.45) is 11.8 Å². The van der Waals surface area contributed by atoms with Gasteiger partial charge in [-0.2, -0.15) is 0 Å². The normalized spacial score (nSPS) is 22.9. The average Bonchev–Trinajstić information content (AvgIpc) is 2.82. The molecule has 0 saturated heterocycles. The molecular formula is C16H23Cl2N. The zero-order valence-corrected chi connectivity index (χ0v) is 13.1. The van der Waals surface area contributed by atoms with Gasteiger partial charge in [-0.05, 0) is 68.3 Å². The molecule has 1 aromatic rings. The first-order valence-electron chi connectivity index (χ1n) is 7.36. The Balaban J connectivity index is 1.97. The van der Waals surface area contributed by atoms with Gasteiger partial charge in [0.15, 0.2) is 0 Å². The second-order valence-electron chi connectivity index (χ2n) is 5.56. The summed E-state index contributed by atoms with van der Waals surface area (Å²) in [4.78, 5) is 0. The molecule has 0 radical (unpaired) electrons. The maximum atomic E-state index is 6.28. The van der Waals surface area contributed by atoms with Crippen LogP contribution in [-0.4, -0.2) is 13.1 Å². The Labute approximate surface area is 126 Å². The third-order valence-corrected chi connectivity index (χ3v) is 4.89. The molecule has 0 aliphatic heterocycles. The van der Waals surface area contributed by atoms with E-state index in [1.807, 2.05) is 18.2 Å². The van der Waals surface area contributed by atoms with Crippen LogP contribution in [0.1, 0.15) is 38.2 Å². The van der Waals surface area contributed by atoms with Crippen LogP contribution < -0.4 is 5.32 Å². The highest BCUT2D eigenvalue weighted by molar-refractivity contribution is 6.35. The van der Waals surface area contributed by atoms with Gasteiger partial charge in [-0.15, -0.1) is 0 Å². The van der Waals surface area contributed by atoms with Gasteiger partial charge in [0.05, 0.1) is 0 Å². The van der Waals surface area contributed by atoms with Crippen molar-refractivity contribution in [3.05, 3.63) is 33.8 Å².